The first-order valence-corrected chi connectivity index (χ1v) is 5.48. The molecule has 92 valence electrons. The molecule has 2 N–H and O–H groups in total. The van der Waals surface area contributed by atoms with Gasteiger partial charge in [-0.2, -0.15) is 5.10 Å². The van der Waals surface area contributed by atoms with E-state index < -0.39 is 5.97 Å². The van der Waals surface area contributed by atoms with Crippen molar-refractivity contribution in [2.24, 2.45) is 0 Å². The maximum absolute atomic E-state index is 11.0. The molecule has 2 unspecified atom stereocenters. The van der Waals surface area contributed by atoms with E-state index in [-0.39, 0.29) is 17.2 Å². The molecule has 2 atom stereocenters. The maximum Gasteiger partial charge on any atom is 0.339 e. The van der Waals surface area contributed by atoms with Gasteiger partial charge in [-0.25, -0.2) is 4.79 Å². The van der Waals surface area contributed by atoms with Crippen molar-refractivity contribution >= 4 is 11.8 Å². The van der Waals surface area contributed by atoms with E-state index in [2.05, 4.69) is 15.5 Å². The maximum atomic E-state index is 11.0. The molecule has 1 aromatic rings. The van der Waals surface area contributed by atoms with Crippen LogP contribution in [0, 0.1) is 0 Å². The first kappa shape index (κ1) is 11.8. The zero-order valence-electron chi connectivity index (χ0n) is 9.80. The van der Waals surface area contributed by atoms with Gasteiger partial charge < -0.3 is 15.2 Å². The van der Waals surface area contributed by atoms with Gasteiger partial charge in [-0.15, -0.1) is 5.10 Å². The van der Waals surface area contributed by atoms with Gasteiger partial charge >= 0.3 is 5.97 Å². The number of carboxylic acid groups (broad SMARTS) is 1. The molecule has 6 nitrogen and oxygen atoms in total. The third kappa shape index (κ3) is 2.21. The van der Waals surface area contributed by atoms with Gasteiger partial charge in [0.05, 0.1) is 17.8 Å². The van der Waals surface area contributed by atoms with Crippen molar-refractivity contribution in [3.63, 3.8) is 0 Å². The van der Waals surface area contributed by atoms with Crippen LogP contribution in [0.1, 0.15) is 30.6 Å². The number of carbonyl (C=O) groups is 1. The summed E-state index contributed by atoms with van der Waals surface area (Å²) >= 11 is 0. The Labute approximate surface area is 99.0 Å². The lowest BCUT2D eigenvalue weighted by molar-refractivity contribution is 0.0696. The Morgan fingerprint density at radius 3 is 3.06 bits per heavy atom. The SMILES string of the molecule is CC1OCCC1(C)Nc1nnccc1C(=O)O. The molecule has 1 saturated heterocycles. The molecule has 1 aromatic heterocycles. The van der Waals surface area contributed by atoms with Crippen LogP contribution in [0.5, 0.6) is 0 Å². The highest BCUT2D eigenvalue weighted by molar-refractivity contribution is 5.92. The van der Waals surface area contributed by atoms with Crippen molar-refractivity contribution in [2.45, 2.75) is 31.9 Å². The van der Waals surface area contributed by atoms with Crippen LogP contribution in [0.3, 0.4) is 0 Å². The number of hydrogen-bond donors (Lipinski definition) is 2. The third-order valence-corrected chi connectivity index (χ3v) is 3.24. The zero-order chi connectivity index (χ0) is 12.5. The molecule has 0 aliphatic carbocycles. The molecule has 1 aliphatic rings. The topological polar surface area (TPSA) is 84.3 Å². The van der Waals surface area contributed by atoms with Crippen molar-refractivity contribution in [1.29, 1.82) is 0 Å². The van der Waals surface area contributed by atoms with Crippen molar-refractivity contribution < 1.29 is 14.6 Å². The van der Waals surface area contributed by atoms with Crippen LogP contribution in [0.25, 0.3) is 0 Å². The monoisotopic (exact) mass is 237 g/mol. The minimum absolute atomic E-state index is 0.00570. The van der Waals surface area contributed by atoms with Gasteiger partial charge in [0, 0.05) is 6.61 Å². The molecule has 1 aliphatic heterocycles. The largest absolute Gasteiger partial charge is 0.478 e. The lowest BCUT2D eigenvalue weighted by atomic mass is 9.94. The molecular formula is C11H15N3O3. The number of nitrogens with zero attached hydrogens (tertiary/aromatic N) is 2. The second kappa shape index (κ2) is 4.29. The summed E-state index contributed by atoms with van der Waals surface area (Å²) in [5, 5.41) is 19.7. The summed E-state index contributed by atoms with van der Waals surface area (Å²) in [4.78, 5) is 11.0. The summed E-state index contributed by atoms with van der Waals surface area (Å²) in [6.45, 7) is 4.61. The normalized spacial score (nSPS) is 28.0. The van der Waals surface area contributed by atoms with Gasteiger partial charge in [-0.1, -0.05) is 0 Å². The van der Waals surface area contributed by atoms with Crippen LogP contribution < -0.4 is 5.32 Å². The van der Waals surface area contributed by atoms with E-state index in [1.165, 1.54) is 12.3 Å². The smallest absolute Gasteiger partial charge is 0.339 e. The van der Waals surface area contributed by atoms with Crippen molar-refractivity contribution in [3.8, 4) is 0 Å². The lowest BCUT2D eigenvalue weighted by Crippen LogP contribution is -2.42. The first-order valence-electron chi connectivity index (χ1n) is 5.48. The van der Waals surface area contributed by atoms with Gasteiger partial charge in [0.25, 0.3) is 0 Å². The van der Waals surface area contributed by atoms with E-state index in [9.17, 15) is 4.79 Å². The summed E-state index contributed by atoms with van der Waals surface area (Å²) in [5.74, 6) is -0.725. The molecule has 2 rings (SSSR count). The summed E-state index contributed by atoms with van der Waals surface area (Å²) in [6.07, 6.45) is 2.18. The van der Waals surface area contributed by atoms with E-state index in [4.69, 9.17) is 9.84 Å². The number of rotatable bonds is 3. The molecular weight excluding hydrogens is 222 g/mol. The van der Waals surface area contributed by atoms with E-state index in [0.717, 1.165) is 6.42 Å². The lowest BCUT2D eigenvalue weighted by Gasteiger charge is -2.29. The Hall–Kier alpha value is -1.69. The second-order valence-electron chi connectivity index (χ2n) is 4.40. The molecule has 0 aromatic carbocycles. The minimum Gasteiger partial charge on any atom is -0.478 e. The summed E-state index contributed by atoms with van der Waals surface area (Å²) in [5.41, 5.74) is -0.180. The van der Waals surface area contributed by atoms with Crippen LogP contribution in [-0.2, 0) is 4.74 Å². The highest BCUT2D eigenvalue weighted by atomic mass is 16.5. The quantitative estimate of drug-likeness (QED) is 0.820. The van der Waals surface area contributed by atoms with Gasteiger partial charge in [0.2, 0.25) is 0 Å². The number of nitrogens with one attached hydrogen (secondary N) is 1. The fourth-order valence-corrected chi connectivity index (χ4v) is 1.87. The van der Waals surface area contributed by atoms with E-state index in [1.807, 2.05) is 13.8 Å². The summed E-state index contributed by atoms with van der Waals surface area (Å²) in [7, 11) is 0. The Morgan fingerprint density at radius 2 is 2.47 bits per heavy atom. The van der Waals surface area contributed by atoms with E-state index >= 15 is 0 Å². The van der Waals surface area contributed by atoms with Gasteiger partial charge in [0.15, 0.2) is 5.82 Å². The molecule has 17 heavy (non-hydrogen) atoms. The Bertz CT molecular complexity index is 438. The minimum atomic E-state index is -1.02. The summed E-state index contributed by atoms with van der Waals surface area (Å²) in [6, 6.07) is 1.43. The summed E-state index contributed by atoms with van der Waals surface area (Å²) < 4.78 is 5.48. The van der Waals surface area contributed by atoms with Gasteiger partial charge in [-0.3, -0.25) is 0 Å². The molecule has 0 radical (unpaired) electrons. The molecule has 0 spiro atoms. The molecule has 0 amide bonds. The Morgan fingerprint density at radius 1 is 1.71 bits per heavy atom. The van der Waals surface area contributed by atoms with Crippen molar-refractivity contribution in [2.75, 3.05) is 11.9 Å². The fraction of sp³-hybridized carbons (Fsp3) is 0.545. The Kier molecular flexibility index (Phi) is 2.97. The number of anilines is 1. The average molecular weight is 237 g/mol. The van der Waals surface area contributed by atoms with Crippen LogP contribution in [0.15, 0.2) is 12.3 Å². The van der Waals surface area contributed by atoms with Crippen LogP contribution in [-0.4, -0.2) is 39.5 Å². The predicted molar refractivity (Wildman–Crippen MR) is 61.1 cm³/mol. The molecule has 1 fully saturated rings. The van der Waals surface area contributed by atoms with Crippen molar-refractivity contribution in [1.82, 2.24) is 10.2 Å². The average Bonchev–Trinajstić information content (AvgIpc) is 2.59. The second-order valence-corrected chi connectivity index (χ2v) is 4.40. The fourth-order valence-electron chi connectivity index (χ4n) is 1.87. The van der Waals surface area contributed by atoms with Gasteiger partial charge in [-0.05, 0) is 26.3 Å². The van der Waals surface area contributed by atoms with E-state index in [1.54, 1.807) is 0 Å². The zero-order valence-corrected chi connectivity index (χ0v) is 9.80. The predicted octanol–water partition coefficient (Wildman–Crippen LogP) is 1.15. The number of hydrogen-bond acceptors (Lipinski definition) is 5. The number of ether oxygens (including phenoxy) is 1. The molecule has 6 heteroatoms. The van der Waals surface area contributed by atoms with Crippen molar-refractivity contribution in [3.05, 3.63) is 17.8 Å². The molecule has 0 bridgehead atoms. The highest BCUT2D eigenvalue weighted by Crippen LogP contribution is 2.29. The number of aromatic nitrogens is 2. The standard InChI is InChI=1S/C11H15N3O3/c1-7-11(2,4-6-17-7)13-9-8(10(15)16)3-5-12-14-9/h3,5,7H,4,6H2,1-2H3,(H,13,14)(H,15,16). The molecule has 2 heterocycles. The highest BCUT2D eigenvalue weighted by Gasteiger charge is 2.38. The molecule has 0 saturated carbocycles. The Balaban J connectivity index is 2.27. The van der Waals surface area contributed by atoms with Crippen LogP contribution >= 0.6 is 0 Å². The first-order chi connectivity index (χ1) is 8.03. The van der Waals surface area contributed by atoms with E-state index in [0.29, 0.717) is 12.4 Å². The van der Waals surface area contributed by atoms with Crippen LogP contribution in [0.4, 0.5) is 5.82 Å². The van der Waals surface area contributed by atoms with Gasteiger partial charge in [0.1, 0.15) is 5.56 Å². The number of aromatic carboxylic acids is 1. The number of carboxylic acids is 1. The van der Waals surface area contributed by atoms with Crippen LogP contribution in [0.2, 0.25) is 0 Å². The third-order valence-electron chi connectivity index (χ3n) is 3.24.